The van der Waals surface area contributed by atoms with Crippen LogP contribution in [0.2, 0.25) is 0 Å². The van der Waals surface area contributed by atoms with E-state index in [1.54, 1.807) is 0 Å². The van der Waals surface area contributed by atoms with Gasteiger partial charge in [0, 0.05) is 0 Å². The molecule has 1 aliphatic rings. The Hall–Kier alpha value is -1.30. The van der Waals surface area contributed by atoms with Gasteiger partial charge in [-0.05, 0) is 23.5 Å². The van der Waals surface area contributed by atoms with Crippen LogP contribution in [0.25, 0.3) is 5.57 Å². The quantitative estimate of drug-likeness (QED) is 0.603. The molecule has 0 saturated carbocycles. The Bertz CT molecular complexity index is 330. The van der Waals surface area contributed by atoms with Gasteiger partial charge in [0.25, 0.3) is 0 Å². The standard InChI is InChI=1S/C13H14/c1-11-6-5-9-13(10-11)12-7-3-2-4-8-12/h2-9,11H,10H2,1H3/t11-/m0/s1. The molecule has 0 saturated heterocycles. The van der Waals surface area contributed by atoms with Crippen LogP contribution in [0.5, 0.6) is 0 Å². The van der Waals surface area contributed by atoms with E-state index in [0.717, 1.165) is 0 Å². The highest BCUT2D eigenvalue weighted by Crippen LogP contribution is 2.26. The highest BCUT2D eigenvalue weighted by molar-refractivity contribution is 5.68. The third kappa shape index (κ3) is 1.89. The molecule has 0 aromatic heterocycles. The minimum atomic E-state index is 0.681. The molecule has 0 unspecified atom stereocenters. The second-order valence-corrected chi connectivity index (χ2v) is 3.62. The summed E-state index contributed by atoms with van der Waals surface area (Å²) in [6.45, 7) is 2.26. The Balaban J connectivity index is 2.28. The van der Waals surface area contributed by atoms with E-state index in [4.69, 9.17) is 0 Å². The van der Waals surface area contributed by atoms with Crippen molar-refractivity contribution >= 4 is 5.57 Å². The molecule has 2 rings (SSSR count). The van der Waals surface area contributed by atoms with Gasteiger partial charge in [0.05, 0.1) is 0 Å². The van der Waals surface area contributed by atoms with Gasteiger partial charge >= 0.3 is 0 Å². The average Bonchev–Trinajstić information content (AvgIpc) is 2.19. The molecular weight excluding hydrogens is 156 g/mol. The third-order valence-electron chi connectivity index (χ3n) is 2.42. The molecule has 0 heterocycles. The van der Waals surface area contributed by atoms with Crippen molar-refractivity contribution in [1.82, 2.24) is 0 Å². The van der Waals surface area contributed by atoms with Gasteiger partial charge in [-0.15, -0.1) is 0 Å². The van der Waals surface area contributed by atoms with Gasteiger partial charge in [-0.3, -0.25) is 0 Å². The highest BCUT2D eigenvalue weighted by atomic mass is 14.1. The summed E-state index contributed by atoms with van der Waals surface area (Å²) in [5, 5.41) is 0. The summed E-state index contributed by atoms with van der Waals surface area (Å²) >= 11 is 0. The Morgan fingerprint density at radius 2 is 1.92 bits per heavy atom. The zero-order valence-electron chi connectivity index (χ0n) is 7.90. The molecule has 0 fully saturated rings. The molecule has 0 nitrogen and oxygen atoms in total. The molecule has 0 spiro atoms. The molecule has 0 aliphatic heterocycles. The molecule has 13 heavy (non-hydrogen) atoms. The van der Waals surface area contributed by atoms with Crippen LogP contribution >= 0.6 is 0 Å². The molecule has 1 aliphatic carbocycles. The van der Waals surface area contributed by atoms with Crippen LogP contribution in [-0.2, 0) is 0 Å². The fourth-order valence-electron chi connectivity index (χ4n) is 1.71. The molecule has 1 aromatic carbocycles. The Morgan fingerprint density at radius 3 is 2.62 bits per heavy atom. The minimum absolute atomic E-state index is 0.681. The normalized spacial score (nSPS) is 21.3. The van der Waals surface area contributed by atoms with E-state index in [1.165, 1.54) is 17.6 Å². The maximum Gasteiger partial charge on any atom is -0.0212 e. The fourth-order valence-corrected chi connectivity index (χ4v) is 1.71. The number of benzene rings is 1. The number of allylic oxidation sites excluding steroid dienone is 4. The Kier molecular flexibility index (Phi) is 2.31. The van der Waals surface area contributed by atoms with Gasteiger partial charge in [-0.25, -0.2) is 0 Å². The molecule has 1 aromatic rings. The first-order valence-corrected chi connectivity index (χ1v) is 4.79. The van der Waals surface area contributed by atoms with Crippen LogP contribution in [-0.4, -0.2) is 0 Å². The molecule has 1 atom stereocenters. The van der Waals surface area contributed by atoms with E-state index in [0.29, 0.717) is 5.92 Å². The maximum atomic E-state index is 2.26. The molecule has 0 amide bonds. The number of hydrogen-bond acceptors (Lipinski definition) is 0. The largest absolute Gasteiger partial charge is 0.0814 e. The lowest BCUT2D eigenvalue weighted by Gasteiger charge is -2.14. The molecule has 0 radical (unpaired) electrons. The topological polar surface area (TPSA) is 0 Å². The van der Waals surface area contributed by atoms with Crippen molar-refractivity contribution in [3.8, 4) is 0 Å². The summed E-state index contributed by atoms with van der Waals surface area (Å²) in [7, 11) is 0. The van der Waals surface area contributed by atoms with Crippen LogP contribution in [0.1, 0.15) is 18.9 Å². The SMILES string of the molecule is C[C@H]1C=CC=C(c2ccccc2)C1. The number of hydrogen-bond donors (Lipinski definition) is 0. The maximum absolute atomic E-state index is 2.26. The summed E-state index contributed by atoms with van der Waals surface area (Å²) in [6, 6.07) is 10.6. The predicted molar refractivity (Wildman–Crippen MR) is 57.3 cm³/mol. The van der Waals surface area contributed by atoms with E-state index in [-0.39, 0.29) is 0 Å². The zero-order chi connectivity index (χ0) is 9.10. The zero-order valence-corrected chi connectivity index (χ0v) is 7.90. The van der Waals surface area contributed by atoms with E-state index in [1.807, 2.05) is 0 Å². The predicted octanol–water partition coefficient (Wildman–Crippen LogP) is 3.67. The first-order valence-electron chi connectivity index (χ1n) is 4.79. The van der Waals surface area contributed by atoms with Crippen molar-refractivity contribution in [2.45, 2.75) is 13.3 Å². The van der Waals surface area contributed by atoms with E-state index in [9.17, 15) is 0 Å². The summed E-state index contributed by atoms with van der Waals surface area (Å²) in [5.74, 6) is 0.681. The van der Waals surface area contributed by atoms with Crippen molar-refractivity contribution in [2.24, 2.45) is 5.92 Å². The van der Waals surface area contributed by atoms with Gasteiger partial charge in [0.2, 0.25) is 0 Å². The first-order chi connectivity index (χ1) is 6.36. The second kappa shape index (κ2) is 3.61. The minimum Gasteiger partial charge on any atom is -0.0814 e. The lowest BCUT2D eigenvalue weighted by molar-refractivity contribution is 0.749. The van der Waals surface area contributed by atoms with Crippen molar-refractivity contribution in [1.29, 1.82) is 0 Å². The van der Waals surface area contributed by atoms with Crippen molar-refractivity contribution in [3.05, 3.63) is 54.1 Å². The Labute approximate surface area is 79.6 Å². The molecule has 0 heteroatoms. The monoisotopic (exact) mass is 170 g/mol. The summed E-state index contributed by atoms with van der Waals surface area (Å²) in [6.07, 6.45) is 7.80. The lowest BCUT2D eigenvalue weighted by atomic mass is 9.91. The van der Waals surface area contributed by atoms with Crippen LogP contribution in [0.4, 0.5) is 0 Å². The second-order valence-electron chi connectivity index (χ2n) is 3.62. The van der Waals surface area contributed by atoms with Crippen molar-refractivity contribution in [3.63, 3.8) is 0 Å². The van der Waals surface area contributed by atoms with E-state index in [2.05, 4.69) is 55.5 Å². The summed E-state index contributed by atoms with van der Waals surface area (Å²) in [4.78, 5) is 0. The van der Waals surface area contributed by atoms with E-state index < -0.39 is 0 Å². The van der Waals surface area contributed by atoms with Crippen molar-refractivity contribution < 1.29 is 0 Å². The smallest absolute Gasteiger partial charge is 0.0212 e. The van der Waals surface area contributed by atoms with Crippen LogP contribution in [0.3, 0.4) is 0 Å². The van der Waals surface area contributed by atoms with Gasteiger partial charge in [0.15, 0.2) is 0 Å². The fraction of sp³-hybridized carbons (Fsp3) is 0.231. The average molecular weight is 170 g/mol. The summed E-state index contributed by atoms with van der Waals surface area (Å²) < 4.78 is 0. The molecule has 0 N–H and O–H groups in total. The number of rotatable bonds is 1. The van der Waals surface area contributed by atoms with Crippen LogP contribution in [0, 0.1) is 5.92 Å². The molecule has 0 bridgehead atoms. The Morgan fingerprint density at radius 1 is 1.15 bits per heavy atom. The van der Waals surface area contributed by atoms with Gasteiger partial charge in [0.1, 0.15) is 0 Å². The van der Waals surface area contributed by atoms with Crippen LogP contribution in [0.15, 0.2) is 48.6 Å². The molecule has 66 valence electrons. The van der Waals surface area contributed by atoms with Gasteiger partial charge in [-0.1, -0.05) is 55.5 Å². The molecular formula is C13H14. The first kappa shape index (κ1) is 8.31. The van der Waals surface area contributed by atoms with Crippen LogP contribution < -0.4 is 0 Å². The third-order valence-corrected chi connectivity index (χ3v) is 2.42. The van der Waals surface area contributed by atoms with E-state index >= 15 is 0 Å². The lowest BCUT2D eigenvalue weighted by Crippen LogP contribution is -1.96. The van der Waals surface area contributed by atoms with Gasteiger partial charge < -0.3 is 0 Å². The highest BCUT2D eigenvalue weighted by Gasteiger charge is 2.07. The summed E-state index contributed by atoms with van der Waals surface area (Å²) in [5.41, 5.74) is 2.81. The van der Waals surface area contributed by atoms with Gasteiger partial charge in [-0.2, -0.15) is 0 Å². The van der Waals surface area contributed by atoms with Crippen molar-refractivity contribution in [2.75, 3.05) is 0 Å².